The van der Waals surface area contributed by atoms with E-state index in [9.17, 15) is 4.79 Å². The first-order chi connectivity index (χ1) is 9.19. The van der Waals surface area contributed by atoms with Crippen LogP contribution in [-0.2, 0) is 11.2 Å². The molecule has 2 aromatic rings. The third-order valence-electron chi connectivity index (χ3n) is 2.70. The molecule has 1 aromatic heterocycles. The van der Waals surface area contributed by atoms with E-state index in [0.717, 1.165) is 5.76 Å². The number of carbonyl (C=O) groups is 1. The molecule has 1 amide bonds. The molecule has 0 saturated carbocycles. The largest absolute Gasteiger partial charge is 0.495 e. The Morgan fingerprint density at radius 2 is 2.26 bits per heavy atom. The van der Waals surface area contributed by atoms with Gasteiger partial charge in [-0.3, -0.25) is 4.79 Å². The second kappa shape index (κ2) is 5.95. The van der Waals surface area contributed by atoms with Crippen molar-refractivity contribution in [3.63, 3.8) is 0 Å². The number of hydrogen-bond donors (Lipinski definition) is 2. The molecule has 1 aromatic carbocycles. The van der Waals surface area contributed by atoms with E-state index in [4.69, 9.17) is 14.9 Å². The Balaban J connectivity index is 1.91. The summed E-state index contributed by atoms with van der Waals surface area (Å²) in [5.41, 5.74) is 6.90. The zero-order valence-electron chi connectivity index (χ0n) is 10.7. The lowest BCUT2D eigenvalue weighted by atomic mass is 10.2. The van der Waals surface area contributed by atoms with Crippen LogP contribution in [0, 0.1) is 0 Å². The SMILES string of the molecule is COc1cc(NC(=O)CCc2ccco2)ccc1N. The molecule has 0 spiro atoms. The molecular formula is C14H16N2O3. The lowest BCUT2D eigenvalue weighted by Gasteiger charge is -2.08. The fraction of sp³-hybridized carbons (Fsp3) is 0.214. The average molecular weight is 260 g/mol. The number of rotatable bonds is 5. The maximum absolute atomic E-state index is 11.8. The van der Waals surface area contributed by atoms with Crippen molar-refractivity contribution < 1.29 is 13.9 Å². The van der Waals surface area contributed by atoms with Gasteiger partial charge >= 0.3 is 0 Å². The number of ether oxygens (including phenoxy) is 1. The first-order valence-electron chi connectivity index (χ1n) is 5.95. The van der Waals surface area contributed by atoms with E-state index in [2.05, 4.69) is 5.32 Å². The maximum Gasteiger partial charge on any atom is 0.224 e. The van der Waals surface area contributed by atoms with Gasteiger partial charge in [0.2, 0.25) is 5.91 Å². The summed E-state index contributed by atoms with van der Waals surface area (Å²) in [6.07, 6.45) is 2.53. The highest BCUT2D eigenvalue weighted by Gasteiger charge is 2.06. The molecule has 100 valence electrons. The van der Waals surface area contributed by atoms with E-state index < -0.39 is 0 Å². The van der Waals surface area contributed by atoms with Crippen LogP contribution in [-0.4, -0.2) is 13.0 Å². The van der Waals surface area contributed by atoms with Crippen molar-refractivity contribution in [2.24, 2.45) is 0 Å². The second-order valence-electron chi connectivity index (χ2n) is 4.08. The van der Waals surface area contributed by atoms with E-state index in [1.807, 2.05) is 6.07 Å². The van der Waals surface area contributed by atoms with Crippen LogP contribution in [0.3, 0.4) is 0 Å². The molecule has 0 aliphatic rings. The van der Waals surface area contributed by atoms with Crippen LogP contribution in [0.5, 0.6) is 5.75 Å². The van der Waals surface area contributed by atoms with Crippen molar-refractivity contribution >= 4 is 17.3 Å². The van der Waals surface area contributed by atoms with Gasteiger partial charge in [0.25, 0.3) is 0 Å². The Labute approximate surface area is 111 Å². The number of methoxy groups -OCH3 is 1. The Bertz CT molecular complexity index is 550. The zero-order valence-corrected chi connectivity index (χ0v) is 10.7. The van der Waals surface area contributed by atoms with Crippen molar-refractivity contribution in [3.05, 3.63) is 42.4 Å². The van der Waals surface area contributed by atoms with Gasteiger partial charge in [-0.05, 0) is 24.3 Å². The van der Waals surface area contributed by atoms with Crippen molar-refractivity contribution in [2.45, 2.75) is 12.8 Å². The smallest absolute Gasteiger partial charge is 0.224 e. The van der Waals surface area contributed by atoms with Crippen LogP contribution in [0.15, 0.2) is 41.0 Å². The molecule has 3 N–H and O–H groups in total. The van der Waals surface area contributed by atoms with Gasteiger partial charge in [-0.25, -0.2) is 0 Å². The normalized spacial score (nSPS) is 10.2. The van der Waals surface area contributed by atoms with Gasteiger partial charge in [-0.2, -0.15) is 0 Å². The van der Waals surface area contributed by atoms with Gasteiger partial charge in [-0.15, -0.1) is 0 Å². The predicted molar refractivity (Wildman–Crippen MR) is 73.1 cm³/mol. The van der Waals surface area contributed by atoms with Crippen LogP contribution >= 0.6 is 0 Å². The standard InChI is InChI=1S/C14H16N2O3/c1-18-13-9-10(4-6-12(13)15)16-14(17)7-5-11-3-2-8-19-11/h2-4,6,8-9H,5,7,15H2,1H3,(H,16,17). The molecule has 0 atom stereocenters. The summed E-state index contributed by atoms with van der Waals surface area (Å²) < 4.78 is 10.3. The molecular weight excluding hydrogens is 244 g/mol. The van der Waals surface area contributed by atoms with Gasteiger partial charge in [-0.1, -0.05) is 0 Å². The molecule has 0 fully saturated rings. The summed E-state index contributed by atoms with van der Waals surface area (Å²) in [6.45, 7) is 0. The van der Waals surface area contributed by atoms with Crippen LogP contribution in [0.4, 0.5) is 11.4 Å². The fourth-order valence-corrected chi connectivity index (χ4v) is 1.70. The van der Waals surface area contributed by atoms with Gasteiger partial charge in [0.15, 0.2) is 0 Å². The molecule has 0 aliphatic heterocycles. The summed E-state index contributed by atoms with van der Waals surface area (Å²) in [7, 11) is 1.54. The van der Waals surface area contributed by atoms with Gasteiger partial charge in [0.05, 0.1) is 19.1 Å². The van der Waals surface area contributed by atoms with Crippen LogP contribution in [0.2, 0.25) is 0 Å². The van der Waals surface area contributed by atoms with Crippen LogP contribution in [0.25, 0.3) is 0 Å². The number of nitrogens with two attached hydrogens (primary N) is 1. The first kappa shape index (κ1) is 13.0. The van der Waals surface area contributed by atoms with Crippen molar-refractivity contribution in [2.75, 3.05) is 18.2 Å². The highest BCUT2D eigenvalue weighted by Crippen LogP contribution is 2.25. The van der Waals surface area contributed by atoms with Crippen molar-refractivity contribution in [1.82, 2.24) is 0 Å². The first-order valence-corrected chi connectivity index (χ1v) is 5.95. The average Bonchev–Trinajstić information content (AvgIpc) is 2.92. The minimum Gasteiger partial charge on any atom is -0.495 e. The maximum atomic E-state index is 11.8. The third kappa shape index (κ3) is 3.51. The Morgan fingerprint density at radius 3 is 2.95 bits per heavy atom. The molecule has 5 heteroatoms. The number of nitrogens with one attached hydrogen (secondary N) is 1. The molecule has 1 heterocycles. The molecule has 2 rings (SSSR count). The van der Waals surface area contributed by atoms with E-state index in [0.29, 0.717) is 30.0 Å². The van der Waals surface area contributed by atoms with E-state index >= 15 is 0 Å². The number of hydrogen-bond acceptors (Lipinski definition) is 4. The molecule has 0 saturated heterocycles. The van der Waals surface area contributed by atoms with E-state index in [-0.39, 0.29) is 5.91 Å². The minimum absolute atomic E-state index is 0.0803. The highest BCUT2D eigenvalue weighted by molar-refractivity contribution is 5.91. The summed E-state index contributed by atoms with van der Waals surface area (Å²) >= 11 is 0. The Kier molecular flexibility index (Phi) is 4.07. The number of carbonyl (C=O) groups excluding carboxylic acids is 1. The quantitative estimate of drug-likeness (QED) is 0.809. The summed E-state index contributed by atoms with van der Waals surface area (Å²) in [5, 5.41) is 2.79. The van der Waals surface area contributed by atoms with Crippen LogP contribution in [0.1, 0.15) is 12.2 Å². The second-order valence-corrected chi connectivity index (χ2v) is 4.08. The summed E-state index contributed by atoms with van der Waals surface area (Å²) in [6, 6.07) is 8.78. The van der Waals surface area contributed by atoms with E-state index in [1.165, 1.54) is 7.11 Å². The number of benzene rings is 1. The van der Waals surface area contributed by atoms with Gasteiger partial charge in [0.1, 0.15) is 11.5 Å². The molecule has 0 bridgehead atoms. The fourth-order valence-electron chi connectivity index (χ4n) is 1.70. The zero-order chi connectivity index (χ0) is 13.7. The van der Waals surface area contributed by atoms with Crippen molar-refractivity contribution in [3.8, 4) is 5.75 Å². The predicted octanol–water partition coefficient (Wildman–Crippen LogP) is 2.44. The minimum atomic E-state index is -0.0803. The van der Waals surface area contributed by atoms with Crippen molar-refractivity contribution in [1.29, 1.82) is 0 Å². The Hall–Kier alpha value is -2.43. The summed E-state index contributed by atoms with van der Waals surface area (Å²) in [4.78, 5) is 11.8. The van der Waals surface area contributed by atoms with Gasteiger partial charge in [0, 0.05) is 24.6 Å². The number of nitrogen functional groups attached to an aromatic ring is 1. The molecule has 0 aliphatic carbocycles. The Morgan fingerprint density at radius 1 is 1.42 bits per heavy atom. The highest BCUT2D eigenvalue weighted by atomic mass is 16.5. The molecule has 5 nitrogen and oxygen atoms in total. The van der Waals surface area contributed by atoms with Crippen LogP contribution < -0.4 is 15.8 Å². The lowest BCUT2D eigenvalue weighted by Crippen LogP contribution is -2.12. The molecule has 0 unspecified atom stereocenters. The molecule has 0 radical (unpaired) electrons. The van der Waals surface area contributed by atoms with Gasteiger partial charge < -0.3 is 20.2 Å². The molecule has 19 heavy (non-hydrogen) atoms. The number of furan rings is 1. The number of anilines is 2. The lowest BCUT2D eigenvalue weighted by molar-refractivity contribution is -0.116. The number of aryl methyl sites for hydroxylation is 1. The summed E-state index contributed by atoms with van der Waals surface area (Å²) in [5.74, 6) is 1.26. The number of amides is 1. The monoisotopic (exact) mass is 260 g/mol. The topological polar surface area (TPSA) is 77.5 Å². The third-order valence-corrected chi connectivity index (χ3v) is 2.70. The van der Waals surface area contributed by atoms with E-state index in [1.54, 1.807) is 30.5 Å².